The Bertz CT molecular complexity index is 286. The van der Waals surface area contributed by atoms with E-state index in [-0.39, 0.29) is 0 Å². The summed E-state index contributed by atoms with van der Waals surface area (Å²) in [6.07, 6.45) is 4.17. The van der Waals surface area contributed by atoms with E-state index in [0.29, 0.717) is 5.71 Å². The summed E-state index contributed by atoms with van der Waals surface area (Å²) >= 11 is 0. The molecule has 0 aromatic carbocycles. The molecule has 2 aromatic rings. The zero-order chi connectivity index (χ0) is 6.10. The molecule has 0 spiro atoms. The SMILES string of the molecule is [c]1noc2nnccc12. The topological polar surface area (TPSA) is 51.8 Å². The fourth-order valence-electron chi connectivity index (χ4n) is 0.587. The second-order valence-electron chi connectivity index (χ2n) is 1.54. The Balaban J connectivity index is 2.95. The Kier molecular flexibility index (Phi) is 0.745. The maximum absolute atomic E-state index is 4.64. The van der Waals surface area contributed by atoms with Gasteiger partial charge in [-0.1, -0.05) is 5.16 Å². The van der Waals surface area contributed by atoms with Gasteiger partial charge in [-0.25, -0.2) is 0 Å². The fraction of sp³-hybridized carbons (Fsp3) is 0. The molecule has 43 valence electrons. The lowest BCUT2D eigenvalue weighted by atomic mass is 10.4. The Hall–Kier alpha value is -1.45. The van der Waals surface area contributed by atoms with Gasteiger partial charge in [0.2, 0.25) is 0 Å². The molecule has 0 saturated heterocycles. The summed E-state index contributed by atoms with van der Waals surface area (Å²) in [5, 5.41) is 11.4. The zero-order valence-corrected chi connectivity index (χ0v) is 4.40. The summed E-state index contributed by atoms with van der Waals surface area (Å²) in [5.41, 5.74) is 0.428. The quantitative estimate of drug-likeness (QED) is 0.505. The predicted molar refractivity (Wildman–Crippen MR) is 28.4 cm³/mol. The summed E-state index contributed by atoms with van der Waals surface area (Å²) in [6, 6.07) is 1.73. The van der Waals surface area contributed by atoms with Crippen molar-refractivity contribution in [1.29, 1.82) is 0 Å². The number of fused-ring (bicyclic) bond motifs is 1. The average molecular weight is 120 g/mol. The Morgan fingerprint density at radius 1 is 1.56 bits per heavy atom. The molecular formula is C5H2N3O. The summed E-state index contributed by atoms with van der Waals surface area (Å²) in [6.45, 7) is 0. The van der Waals surface area contributed by atoms with Gasteiger partial charge in [-0.3, -0.25) is 0 Å². The Labute approximate surface area is 50.5 Å². The minimum atomic E-state index is 0.428. The van der Waals surface area contributed by atoms with Crippen LogP contribution in [0.4, 0.5) is 0 Å². The molecule has 4 nitrogen and oxygen atoms in total. The minimum Gasteiger partial charge on any atom is -0.333 e. The molecule has 0 saturated carbocycles. The molecule has 9 heavy (non-hydrogen) atoms. The first-order chi connectivity index (χ1) is 4.47. The molecule has 0 N–H and O–H groups in total. The van der Waals surface area contributed by atoms with Gasteiger partial charge < -0.3 is 4.52 Å². The minimum absolute atomic E-state index is 0.428. The molecule has 0 atom stereocenters. The summed E-state index contributed by atoms with van der Waals surface area (Å²) in [4.78, 5) is 0. The molecule has 0 aliphatic heterocycles. The third-order valence-corrected chi connectivity index (χ3v) is 0.985. The molecule has 0 unspecified atom stereocenters. The first kappa shape index (κ1) is 4.43. The van der Waals surface area contributed by atoms with Crippen LogP contribution in [-0.4, -0.2) is 15.4 Å². The van der Waals surface area contributed by atoms with E-state index >= 15 is 0 Å². The second kappa shape index (κ2) is 1.51. The van der Waals surface area contributed by atoms with E-state index in [2.05, 4.69) is 26.1 Å². The lowest BCUT2D eigenvalue weighted by Crippen LogP contribution is -1.75. The molecule has 2 heterocycles. The molecule has 0 fully saturated rings. The molecule has 0 aliphatic carbocycles. The van der Waals surface area contributed by atoms with Gasteiger partial charge in [-0.15, -0.1) is 5.10 Å². The largest absolute Gasteiger partial charge is 0.333 e. The van der Waals surface area contributed by atoms with Gasteiger partial charge in [0, 0.05) is 0 Å². The van der Waals surface area contributed by atoms with Crippen molar-refractivity contribution in [3.8, 4) is 0 Å². The van der Waals surface area contributed by atoms with E-state index in [1.54, 1.807) is 12.3 Å². The number of hydrogen-bond acceptors (Lipinski definition) is 4. The Morgan fingerprint density at radius 3 is 3.44 bits per heavy atom. The number of aromatic nitrogens is 3. The lowest BCUT2D eigenvalue weighted by Gasteiger charge is -1.76. The van der Waals surface area contributed by atoms with Crippen molar-refractivity contribution in [1.82, 2.24) is 15.4 Å². The van der Waals surface area contributed by atoms with Gasteiger partial charge in [0.15, 0.2) is 0 Å². The zero-order valence-electron chi connectivity index (χ0n) is 4.40. The molecule has 0 bridgehead atoms. The number of nitrogens with zero attached hydrogens (tertiary/aromatic N) is 3. The van der Waals surface area contributed by atoms with E-state index in [9.17, 15) is 0 Å². The highest BCUT2D eigenvalue weighted by Gasteiger charge is 1.95. The van der Waals surface area contributed by atoms with Gasteiger partial charge in [0.1, 0.15) is 6.20 Å². The van der Waals surface area contributed by atoms with E-state index in [4.69, 9.17) is 0 Å². The first-order valence-corrected chi connectivity index (χ1v) is 2.41. The monoisotopic (exact) mass is 120 g/mol. The average Bonchev–Trinajstić information content (AvgIpc) is 2.33. The standard InChI is InChI=1S/C5H2N3O/c1-2-6-8-5-4(1)3-7-9-5/h1-2H. The second-order valence-corrected chi connectivity index (χ2v) is 1.54. The molecule has 2 rings (SSSR count). The first-order valence-electron chi connectivity index (χ1n) is 2.41. The van der Waals surface area contributed by atoms with Crippen LogP contribution in [0.25, 0.3) is 11.1 Å². The van der Waals surface area contributed by atoms with Crippen molar-refractivity contribution in [2.75, 3.05) is 0 Å². The molecule has 0 amide bonds. The van der Waals surface area contributed by atoms with Gasteiger partial charge in [0.05, 0.1) is 11.6 Å². The maximum atomic E-state index is 4.64. The third-order valence-electron chi connectivity index (χ3n) is 0.985. The smallest absolute Gasteiger partial charge is 0.277 e. The highest BCUT2D eigenvalue weighted by atomic mass is 16.5. The summed E-state index contributed by atoms with van der Waals surface area (Å²) in [5.74, 6) is 0. The van der Waals surface area contributed by atoms with E-state index < -0.39 is 0 Å². The van der Waals surface area contributed by atoms with Crippen LogP contribution in [0.15, 0.2) is 16.8 Å². The lowest BCUT2D eigenvalue weighted by molar-refractivity contribution is 0.444. The predicted octanol–water partition coefficient (Wildman–Crippen LogP) is 0.418. The van der Waals surface area contributed by atoms with Gasteiger partial charge in [-0.05, 0) is 6.07 Å². The van der Waals surface area contributed by atoms with Crippen LogP contribution in [0.5, 0.6) is 0 Å². The van der Waals surface area contributed by atoms with Crippen LogP contribution >= 0.6 is 0 Å². The number of hydrogen-bond donors (Lipinski definition) is 0. The molecule has 4 heteroatoms. The summed E-state index contributed by atoms with van der Waals surface area (Å²) in [7, 11) is 0. The highest BCUT2D eigenvalue weighted by molar-refractivity contribution is 5.69. The summed E-state index contributed by atoms with van der Waals surface area (Å²) < 4.78 is 4.64. The number of rotatable bonds is 0. The van der Waals surface area contributed by atoms with Crippen LogP contribution in [0.2, 0.25) is 0 Å². The van der Waals surface area contributed by atoms with E-state index in [1.807, 2.05) is 0 Å². The van der Waals surface area contributed by atoms with Crippen molar-refractivity contribution >= 4 is 11.1 Å². The molecular weight excluding hydrogens is 118 g/mol. The van der Waals surface area contributed by atoms with Gasteiger partial charge >= 0.3 is 0 Å². The van der Waals surface area contributed by atoms with Crippen molar-refractivity contribution in [2.45, 2.75) is 0 Å². The molecule has 0 aliphatic rings. The Morgan fingerprint density at radius 2 is 2.56 bits per heavy atom. The normalized spacial score (nSPS) is 10.2. The highest BCUT2D eigenvalue weighted by Crippen LogP contribution is 2.04. The van der Waals surface area contributed by atoms with Crippen molar-refractivity contribution < 1.29 is 4.52 Å². The van der Waals surface area contributed by atoms with Crippen LogP contribution in [0.3, 0.4) is 0 Å². The van der Waals surface area contributed by atoms with Crippen LogP contribution in [0, 0.1) is 6.20 Å². The van der Waals surface area contributed by atoms with Crippen molar-refractivity contribution in [3.63, 3.8) is 0 Å². The van der Waals surface area contributed by atoms with Gasteiger partial charge in [0.25, 0.3) is 5.71 Å². The molecule has 2 aromatic heterocycles. The van der Waals surface area contributed by atoms with Crippen LogP contribution in [0.1, 0.15) is 0 Å². The van der Waals surface area contributed by atoms with E-state index in [1.165, 1.54) is 0 Å². The maximum Gasteiger partial charge on any atom is 0.277 e. The third kappa shape index (κ3) is 0.561. The van der Waals surface area contributed by atoms with Crippen LogP contribution < -0.4 is 0 Å². The fourth-order valence-corrected chi connectivity index (χ4v) is 0.587. The van der Waals surface area contributed by atoms with Gasteiger partial charge in [-0.2, -0.15) is 5.10 Å². The van der Waals surface area contributed by atoms with Crippen molar-refractivity contribution in [2.24, 2.45) is 0 Å². The van der Waals surface area contributed by atoms with E-state index in [0.717, 1.165) is 5.39 Å². The van der Waals surface area contributed by atoms with Crippen molar-refractivity contribution in [3.05, 3.63) is 18.5 Å². The van der Waals surface area contributed by atoms with Crippen LogP contribution in [-0.2, 0) is 0 Å². The molecule has 1 radical (unpaired) electrons.